The third kappa shape index (κ3) is 5.63. The van der Waals surface area contributed by atoms with E-state index in [9.17, 15) is 158 Å². The highest BCUT2D eigenvalue weighted by molar-refractivity contribution is 6.89. The fourth-order valence-electron chi connectivity index (χ4n) is 3.61. The van der Waals surface area contributed by atoms with Crippen LogP contribution in [-0.2, 0) is 0 Å². The molecule has 320 valence electrons. The zero-order valence-electron chi connectivity index (χ0n) is 22.1. The smallest absolute Gasteiger partial charge is 0.204 e. The lowest BCUT2D eigenvalue weighted by Gasteiger charge is -2.53. The molecule has 0 amide bonds. The average molecular weight is 904 g/mol. The maximum absolute atomic E-state index is 14.7. The third-order valence-electron chi connectivity index (χ3n) is 6.46. The number of hydrogen-bond donors (Lipinski definition) is 0. The van der Waals surface area contributed by atoms with Crippen molar-refractivity contribution in [2.45, 2.75) is 94.3 Å². The molecule has 0 heterocycles. The number of hydrogen-bond acceptors (Lipinski definition) is 0. The summed E-state index contributed by atoms with van der Waals surface area (Å²) in [5.74, 6) is -81.5. The summed E-state index contributed by atoms with van der Waals surface area (Å²) in [4.78, 5) is 0. The minimum atomic E-state index is -13.9. The molecule has 0 fully saturated rings. The van der Waals surface area contributed by atoms with Crippen LogP contribution in [0.1, 0.15) is 0 Å². The molecule has 0 unspecified atom stereocenters. The monoisotopic (exact) mass is 904 g/mol. The van der Waals surface area contributed by atoms with E-state index in [0.29, 0.717) is 0 Å². The van der Waals surface area contributed by atoms with Gasteiger partial charge in [-0.1, -0.05) is 0 Å². The van der Waals surface area contributed by atoms with Gasteiger partial charge in [0.15, 0.2) is 0 Å². The molecule has 0 N–H and O–H groups in total. The van der Waals surface area contributed by atoms with Crippen LogP contribution < -0.4 is 0 Å². The minimum Gasteiger partial charge on any atom is -0.204 e. The highest BCUT2D eigenvalue weighted by Gasteiger charge is 3.10. The van der Waals surface area contributed by atoms with Crippen molar-refractivity contribution in [2.24, 2.45) is 0 Å². The van der Waals surface area contributed by atoms with Gasteiger partial charge in [-0.2, -0.15) is 123 Å². The number of alkyl halides is 36. The minimum absolute atomic E-state index is 8.52. The second-order valence-corrected chi connectivity index (χ2v) is 13.6. The number of rotatable bonds is 12. The highest BCUT2D eigenvalue weighted by Crippen LogP contribution is 2.72. The molecule has 0 atom stereocenters. The van der Waals surface area contributed by atoms with Crippen LogP contribution in [0.25, 0.3) is 0 Å². The van der Waals surface area contributed by atoms with E-state index in [1.807, 2.05) is 0 Å². The summed E-state index contributed by atoms with van der Waals surface area (Å²) in [5.41, 5.74) is -42.4. The van der Waals surface area contributed by atoms with Gasteiger partial charge < -0.3 is 0 Å². The zero-order valence-corrected chi connectivity index (χ0v) is 23.1. The van der Waals surface area contributed by atoms with E-state index >= 15 is 0 Å². The molecule has 0 radical (unpaired) electrons. The van der Waals surface area contributed by atoms with E-state index in [1.54, 1.807) is 0 Å². The molecular formula is C16F36Si. The molecular weight excluding hydrogens is 904 g/mol. The van der Waals surface area contributed by atoms with E-state index in [1.165, 1.54) is 0 Å². The Kier molecular flexibility index (Phi) is 11.3. The summed E-state index contributed by atoms with van der Waals surface area (Å²) >= 11 is 0. The van der Waals surface area contributed by atoms with Crippen molar-refractivity contribution < 1.29 is 158 Å². The Labute approximate surface area is 262 Å². The molecule has 0 aliphatic heterocycles. The van der Waals surface area contributed by atoms with Gasteiger partial charge in [0.2, 0.25) is 0 Å². The maximum Gasteiger partial charge on any atom is 0.460 e. The first-order valence-electron chi connectivity index (χ1n) is 10.8. The molecule has 37 heteroatoms. The van der Waals surface area contributed by atoms with Crippen molar-refractivity contribution in [1.82, 2.24) is 0 Å². The van der Waals surface area contributed by atoms with Gasteiger partial charge in [0.25, 0.3) is 0 Å². The van der Waals surface area contributed by atoms with E-state index in [4.69, 9.17) is 0 Å². The lowest BCUT2D eigenvalue weighted by molar-refractivity contribution is -0.473. The number of halogens is 36. The lowest BCUT2D eigenvalue weighted by Crippen LogP contribution is -2.94. The maximum atomic E-state index is 14.7. The molecule has 0 spiro atoms. The summed E-state index contributed by atoms with van der Waals surface area (Å²) in [7, 11) is -13.9. The van der Waals surface area contributed by atoms with Crippen LogP contribution in [0.2, 0.25) is 0 Å². The molecule has 0 saturated carbocycles. The normalized spacial score (nSPS) is 17.4. The standard InChI is InChI=1S/C16F36Si/c17-1(18,3(21,22)5(25,26)7(29,30)9(33,34)35)2(19,20)4(23,24)6(27,28)8(31,32)13(45,46)53(14(47,48)10(36,37)38,15(49,50)11(39,40)41)16(51,52)12(42,43)44. The first-order chi connectivity index (χ1) is 22.0. The zero-order chi connectivity index (χ0) is 44.5. The first kappa shape index (κ1) is 50.7. The SMILES string of the molecule is FC(F)(F)C(F)(F)C(F)(F)C(F)(F)C(F)(F)C(F)(F)C(F)(F)C(F)(F)C(F)(F)C(F)(F)[Si](C(F)(F)C(F)(F)F)(C(F)(F)C(F)(F)F)C(F)(F)C(F)(F)F. The molecule has 0 nitrogen and oxygen atoms in total. The van der Waals surface area contributed by atoms with Gasteiger partial charge in [0.05, 0.1) is 0 Å². The second-order valence-electron chi connectivity index (χ2n) is 9.63. The van der Waals surface area contributed by atoms with Crippen LogP contribution in [0.5, 0.6) is 0 Å². The Hall–Kier alpha value is -2.30. The van der Waals surface area contributed by atoms with Crippen molar-refractivity contribution in [3.05, 3.63) is 0 Å². The van der Waals surface area contributed by atoms with Gasteiger partial charge >= 0.3 is 102 Å². The van der Waals surface area contributed by atoms with E-state index in [2.05, 4.69) is 0 Å². The molecule has 0 aromatic rings. The molecule has 0 aromatic carbocycles. The van der Waals surface area contributed by atoms with E-state index < -0.39 is 102 Å². The molecule has 0 aromatic heterocycles. The van der Waals surface area contributed by atoms with Gasteiger partial charge in [-0.15, -0.1) is 0 Å². The van der Waals surface area contributed by atoms with Gasteiger partial charge in [-0.05, 0) is 0 Å². The largest absolute Gasteiger partial charge is 0.460 e. The lowest BCUT2D eigenvalue weighted by atomic mass is 9.87. The van der Waals surface area contributed by atoms with Gasteiger partial charge in [0.1, 0.15) is 0 Å². The fourth-order valence-corrected chi connectivity index (χ4v) is 7.88. The van der Waals surface area contributed by atoms with Gasteiger partial charge in [0, 0.05) is 0 Å². The van der Waals surface area contributed by atoms with Crippen LogP contribution in [-0.4, -0.2) is 102 Å². The van der Waals surface area contributed by atoms with Gasteiger partial charge in [-0.3, -0.25) is 0 Å². The van der Waals surface area contributed by atoms with Crippen molar-refractivity contribution in [3.63, 3.8) is 0 Å². The van der Waals surface area contributed by atoms with Crippen LogP contribution in [0.3, 0.4) is 0 Å². The molecule has 0 rings (SSSR count). The Morgan fingerprint density at radius 1 is 0.151 bits per heavy atom. The molecule has 0 bridgehead atoms. The second kappa shape index (κ2) is 11.9. The van der Waals surface area contributed by atoms with Crippen LogP contribution >= 0.6 is 0 Å². The molecule has 0 saturated heterocycles. The third-order valence-corrected chi connectivity index (χ3v) is 11.4. The predicted octanol–water partition coefficient (Wildman–Crippen LogP) is 11.5. The quantitative estimate of drug-likeness (QED) is 0.135. The topological polar surface area (TPSA) is 0 Å². The van der Waals surface area contributed by atoms with E-state index in [-0.39, 0.29) is 0 Å². The van der Waals surface area contributed by atoms with Crippen molar-refractivity contribution in [3.8, 4) is 0 Å². The summed E-state index contributed by atoms with van der Waals surface area (Å²) in [6.07, 6.45) is -37.2. The van der Waals surface area contributed by atoms with Gasteiger partial charge in [-0.25, -0.2) is 35.1 Å². The van der Waals surface area contributed by atoms with Crippen LogP contribution in [0, 0.1) is 0 Å². The van der Waals surface area contributed by atoms with Crippen molar-refractivity contribution >= 4 is 8.07 Å². The summed E-state index contributed by atoms with van der Waals surface area (Å²) in [6, 6.07) is 0. The van der Waals surface area contributed by atoms with Crippen LogP contribution in [0.15, 0.2) is 0 Å². The molecule has 0 aliphatic carbocycles. The Morgan fingerprint density at radius 3 is 0.453 bits per heavy atom. The summed E-state index contributed by atoms with van der Waals surface area (Å²) < 4.78 is 484. The predicted molar refractivity (Wildman–Crippen MR) is 89.3 cm³/mol. The summed E-state index contributed by atoms with van der Waals surface area (Å²) in [5, 5.41) is 0. The Balaban J connectivity index is 8.85. The fraction of sp³-hybridized carbons (Fsp3) is 1.00. The highest BCUT2D eigenvalue weighted by atomic mass is 28.3. The molecule has 53 heavy (non-hydrogen) atoms. The Morgan fingerprint density at radius 2 is 0.302 bits per heavy atom. The summed E-state index contributed by atoms with van der Waals surface area (Å²) in [6.45, 7) is 0. The molecule has 0 aliphatic rings. The average Bonchev–Trinajstić information content (AvgIpc) is 2.84. The van der Waals surface area contributed by atoms with Crippen LogP contribution in [0.4, 0.5) is 158 Å². The van der Waals surface area contributed by atoms with E-state index in [0.717, 1.165) is 0 Å². The Bertz CT molecular complexity index is 1260. The first-order valence-corrected chi connectivity index (χ1v) is 12.8. The van der Waals surface area contributed by atoms with Crippen molar-refractivity contribution in [2.75, 3.05) is 0 Å². The van der Waals surface area contributed by atoms with Crippen molar-refractivity contribution in [1.29, 1.82) is 0 Å².